The molecule has 0 aromatic heterocycles. The third-order valence-electron chi connectivity index (χ3n) is 2.87. The summed E-state index contributed by atoms with van der Waals surface area (Å²) >= 11 is 0. The van der Waals surface area contributed by atoms with Gasteiger partial charge in [0.2, 0.25) is 0 Å². The molecule has 1 atom stereocenters. The van der Waals surface area contributed by atoms with Crippen molar-refractivity contribution in [1.82, 2.24) is 4.23 Å². The highest BCUT2D eigenvalue weighted by Crippen LogP contribution is 2.25. The van der Waals surface area contributed by atoms with Crippen LogP contribution in [-0.2, 0) is 0 Å². The van der Waals surface area contributed by atoms with Crippen molar-refractivity contribution in [2.75, 3.05) is 0 Å². The summed E-state index contributed by atoms with van der Waals surface area (Å²) in [4.78, 5) is 0. The lowest BCUT2D eigenvalue weighted by molar-refractivity contribution is 0.561. The van der Waals surface area contributed by atoms with Crippen LogP contribution in [0.5, 0.6) is 0 Å². The summed E-state index contributed by atoms with van der Waals surface area (Å²) in [6, 6.07) is 11.4. The molecule has 0 saturated heterocycles. The Hall–Kier alpha value is -0.646. The van der Waals surface area contributed by atoms with Crippen molar-refractivity contribution in [3.8, 4) is 0 Å². The highest BCUT2D eigenvalue weighted by Gasteiger charge is 2.24. The molecule has 1 aromatic carbocycles. The lowest BCUT2D eigenvalue weighted by atomic mass is 10.1. The van der Waals surface area contributed by atoms with Crippen LogP contribution in [0, 0.1) is 0 Å². The zero-order valence-corrected chi connectivity index (χ0v) is 14.5. The average molecular weight is 276 g/mol. The normalized spacial score (nSPS) is 13.2. The maximum atomic E-state index is 2.76. The number of hydrogen-bond donors (Lipinski definition) is 0. The lowest BCUT2D eigenvalue weighted by Crippen LogP contribution is -2.45. The molecule has 1 unspecified atom stereocenters. The quantitative estimate of drug-likeness (QED) is 0.565. The van der Waals surface area contributed by atoms with Gasteiger partial charge in [-0.1, -0.05) is 68.2 Å². The SMILES string of the molecule is CC(C)=CC(c1ccccc1)N([Si](C)C)[Si](C)C. The monoisotopic (exact) mass is 275 g/mol. The van der Waals surface area contributed by atoms with Crippen LogP contribution >= 0.6 is 0 Å². The molecule has 1 aromatic rings. The highest BCUT2D eigenvalue weighted by molar-refractivity contribution is 6.70. The topological polar surface area (TPSA) is 3.24 Å². The largest absolute Gasteiger partial charge is 0.338 e. The zero-order chi connectivity index (χ0) is 13.7. The van der Waals surface area contributed by atoms with Crippen molar-refractivity contribution in [3.63, 3.8) is 0 Å². The minimum absolute atomic E-state index is 0.429. The first-order valence-corrected chi connectivity index (χ1v) is 11.4. The summed E-state index contributed by atoms with van der Waals surface area (Å²) in [5.74, 6) is 0. The Morgan fingerprint density at radius 2 is 1.50 bits per heavy atom. The van der Waals surface area contributed by atoms with Gasteiger partial charge in [0.05, 0.1) is 0 Å². The minimum Gasteiger partial charge on any atom is -0.338 e. The number of rotatable bonds is 5. The fraction of sp³-hybridized carbons (Fsp3) is 0.467. The van der Waals surface area contributed by atoms with E-state index in [0.29, 0.717) is 6.04 Å². The maximum Gasteiger partial charge on any atom is 0.123 e. The standard InChI is InChI=1S/C15H25NSi2/c1-13(2)12-15(14-10-8-7-9-11-14)16(17(3)4)18(5)6/h7-12,15H,1-6H3. The predicted molar refractivity (Wildman–Crippen MR) is 85.4 cm³/mol. The summed E-state index contributed by atoms with van der Waals surface area (Å²) in [6.07, 6.45) is 2.42. The minimum atomic E-state index is -0.429. The first-order valence-electron chi connectivity index (χ1n) is 6.53. The van der Waals surface area contributed by atoms with E-state index >= 15 is 0 Å². The Balaban J connectivity index is 3.16. The van der Waals surface area contributed by atoms with Gasteiger partial charge in [-0.15, -0.1) is 0 Å². The van der Waals surface area contributed by atoms with Gasteiger partial charge in [0.1, 0.15) is 17.9 Å². The molecule has 0 fully saturated rings. The first-order chi connectivity index (χ1) is 8.43. The van der Waals surface area contributed by atoms with Crippen LogP contribution in [0.3, 0.4) is 0 Å². The second-order valence-electron chi connectivity index (χ2n) is 5.36. The van der Waals surface area contributed by atoms with Crippen LogP contribution in [0.25, 0.3) is 0 Å². The maximum absolute atomic E-state index is 2.76. The Morgan fingerprint density at radius 3 is 1.89 bits per heavy atom. The summed E-state index contributed by atoms with van der Waals surface area (Å²) in [5, 5.41) is 0. The summed E-state index contributed by atoms with van der Waals surface area (Å²) in [5.41, 5.74) is 2.83. The van der Waals surface area contributed by atoms with Crippen molar-refractivity contribution in [2.24, 2.45) is 0 Å². The third kappa shape index (κ3) is 4.23. The van der Waals surface area contributed by atoms with E-state index in [2.05, 4.69) is 80.7 Å². The molecule has 0 spiro atoms. The van der Waals surface area contributed by atoms with Crippen LogP contribution in [-0.4, -0.2) is 22.1 Å². The van der Waals surface area contributed by atoms with Crippen LogP contribution in [0.4, 0.5) is 0 Å². The molecule has 0 aliphatic rings. The molecular formula is C15H25NSi2. The number of benzene rings is 1. The third-order valence-corrected chi connectivity index (χ3v) is 8.04. The molecule has 1 rings (SSSR count). The van der Waals surface area contributed by atoms with E-state index in [9.17, 15) is 0 Å². The Bertz CT molecular complexity index is 373. The predicted octanol–water partition coefficient (Wildman–Crippen LogP) is 4.50. The van der Waals surface area contributed by atoms with Crippen molar-refractivity contribution in [2.45, 2.75) is 46.1 Å². The lowest BCUT2D eigenvalue weighted by Gasteiger charge is -2.36. The van der Waals surface area contributed by atoms with Gasteiger partial charge < -0.3 is 4.23 Å². The van der Waals surface area contributed by atoms with Crippen molar-refractivity contribution >= 4 is 17.9 Å². The molecule has 0 amide bonds. The van der Waals surface area contributed by atoms with Gasteiger partial charge in [-0.05, 0) is 19.4 Å². The molecule has 18 heavy (non-hydrogen) atoms. The van der Waals surface area contributed by atoms with Gasteiger partial charge in [-0.3, -0.25) is 0 Å². The van der Waals surface area contributed by atoms with Crippen LogP contribution in [0.1, 0.15) is 25.5 Å². The van der Waals surface area contributed by atoms with Gasteiger partial charge in [-0.2, -0.15) is 0 Å². The zero-order valence-electron chi connectivity index (χ0n) is 12.5. The second-order valence-corrected chi connectivity index (χ2v) is 10.6. The molecular weight excluding hydrogens is 250 g/mol. The molecule has 0 bridgehead atoms. The number of hydrogen-bond acceptors (Lipinski definition) is 1. The molecule has 98 valence electrons. The van der Waals surface area contributed by atoms with Crippen molar-refractivity contribution in [1.29, 1.82) is 0 Å². The van der Waals surface area contributed by atoms with E-state index in [1.54, 1.807) is 0 Å². The van der Waals surface area contributed by atoms with Gasteiger partial charge in [0.25, 0.3) is 0 Å². The molecule has 0 aliphatic heterocycles. The molecule has 0 aliphatic carbocycles. The van der Waals surface area contributed by atoms with Gasteiger partial charge in [0.15, 0.2) is 0 Å². The number of nitrogens with zero attached hydrogens (tertiary/aromatic N) is 1. The van der Waals surface area contributed by atoms with E-state index in [1.165, 1.54) is 11.1 Å². The smallest absolute Gasteiger partial charge is 0.123 e. The second kappa shape index (κ2) is 7.07. The van der Waals surface area contributed by atoms with E-state index in [0.717, 1.165) is 0 Å². The van der Waals surface area contributed by atoms with Crippen LogP contribution in [0.15, 0.2) is 42.0 Å². The average Bonchev–Trinajstić information content (AvgIpc) is 2.27. The van der Waals surface area contributed by atoms with E-state index in [-0.39, 0.29) is 0 Å². The summed E-state index contributed by atoms with van der Waals surface area (Å²) < 4.78 is 2.76. The Kier molecular flexibility index (Phi) is 6.05. The molecule has 0 saturated carbocycles. The summed E-state index contributed by atoms with van der Waals surface area (Å²) in [6.45, 7) is 14.0. The van der Waals surface area contributed by atoms with Crippen LogP contribution in [0.2, 0.25) is 26.2 Å². The van der Waals surface area contributed by atoms with E-state index in [1.807, 2.05) is 0 Å². The molecule has 1 nitrogen and oxygen atoms in total. The van der Waals surface area contributed by atoms with E-state index in [4.69, 9.17) is 0 Å². The van der Waals surface area contributed by atoms with Crippen molar-refractivity contribution in [3.05, 3.63) is 47.5 Å². The number of allylic oxidation sites excluding steroid dienone is 1. The Morgan fingerprint density at radius 1 is 1.00 bits per heavy atom. The molecule has 3 heteroatoms. The molecule has 0 N–H and O–H groups in total. The van der Waals surface area contributed by atoms with Crippen LogP contribution < -0.4 is 0 Å². The fourth-order valence-corrected chi connectivity index (χ4v) is 7.43. The molecule has 0 heterocycles. The van der Waals surface area contributed by atoms with Gasteiger partial charge >= 0.3 is 0 Å². The fourth-order valence-electron chi connectivity index (χ4n) is 2.29. The van der Waals surface area contributed by atoms with Gasteiger partial charge in [0, 0.05) is 6.04 Å². The van der Waals surface area contributed by atoms with E-state index < -0.39 is 17.9 Å². The van der Waals surface area contributed by atoms with Gasteiger partial charge in [-0.25, -0.2) is 0 Å². The highest BCUT2D eigenvalue weighted by atomic mass is 28.3. The summed E-state index contributed by atoms with van der Waals surface area (Å²) in [7, 11) is -0.859. The Labute approximate surface area is 116 Å². The van der Waals surface area contributed by atoms with Crippen molar-refractivity contribution < 1.29 is 0 Å². The first kappa shape index (κ1) is 15.4. The molecule has 2 radical (unpaired) electrons.